The molecule has 1 aromatic carbocycles. The Balaban J connectivity index is 0.00000208. The van der Waals surface area contributed by atoms with Crippen molar-refractivity contribution in [2.75, 3.05) is 25.4 Å². The van der Waals surface area contributed by atoms with Crippen LogP contribution in [0.4, 0.5) is 4.39 Å². The minimum Gasteiger partial charge on any atom is -0.357 e. The lowest BCUT2D eigenvalue weighted by atomic mass is 9.95. The molecule has 2 aliphatic rings. The van der Waals surface area contributed by atoms with E-state index in [1.54, 1.807) is 12.1 Å². The molecular formula is C18H27FIN3S. The molecule has 0 bridgehead atoms. The highest BCUT2D eigenvalue weighted by Crippen LogP contribution is 2.49. The summed E-state index contributed by atoms with van der Waals surface area (Å²) < 4.78 is 14.1. The highest BCUT2D eigenvalue weighted by molar-refractivity contribution is 14.0. The summed E-state index contributed by atoms with van der Waals surface area (Å²) in [6.45, 7) is 4.53. The van der Waals surface area contributed by atoms with Crippen LogP contribution < -0.4 is 10.6 Å². The monoisotopic (exact) mass is 463 g/mol. The van der Waals surface area contributed by atoms with E-state index in [1.807, 2.05) is 23.9 Å². The molecule has 2 fully saturated rings. The number of halogens is 2. The zero-order chi connectivity index (χ0) is 16.1. The fourth-order valence-corrected chi connectivity index (χ4v) is 4.34. The zero-order valence-corrected chi connectivity index (χ0v) is 17.3. The molecule has 24 heavy (non-hydrogen) atoms. The van der Waals surface area contributed by atoms with Crippen molar-refractivity contribution in [2.45, 2.75) is 43.3 Å². The molecule has 1 saturated heterocycles. The normalized spacial score (nSPS) is 21.9. The number of nitrogens with one attached hydrogen (secondary N) is 2. The van der Waals surface area contributed by atoms with Crippen LogP contribution in [0.3, 0.4) is 0 Å². The first-order valence-electron chi connectivity index (χ1n) is 8.62. The maximum absolute atomic E-state index is 14.1. The Morgan fingerprint density at radius 2 is 2.12 bits per heavy atom. The molecule has 1 aliphatic carbocycles. The average molecular weight is 463 g/mol. The average Bonchev–Trinajstić information content (AvgIpc) is 3.16. The van der Waals surface area contributed by atoms with Gasteiger partial charge in [-0.05, 0) is 50.0 Å². The molecule has 2 N–H and O–H groups in total. The second-order valence-corrected chi connectivity index (χ2v) is 7.88. The highest BCUT2D eigenvalue weighted by atomic mass is 127. The maximum Gasteiger partial charge on any atom is 0.191 e. The van der Waals surface area contributed by atoms with Gasteiger partial charge in [0.05, 0.1) is 6.54 Å². The van der Waals surface area contributed by atoms with Gasteiger partial charge in [0.1, 0.15) is 5.82 Å². The van der Waals surface area contributed by atoms with Crippen molar-refractivity contribution in [3.8, 4) is 0 Å². The smallest absolute Gasteiger partial charge is 0.191 e. The molecule has 1 heterocycles. The van der Waals surface area contributed by atoms with Crippen LogP contribution in [0.2, 0.25) is 0 Å². The van der Waals surface area contributed by atoms with Crippen molar-refractivity contribution >= 4 is 41.7 Å². The Bertz CT molecular complexity index is 557. The van der Waals surface area contributed by atoms with Crippen LogP contribution in [0.1, 0.15) is 38.2 Å². The number of thioether (sulfide) groups is 1. The van der Waals surface area contributed by atoms with Crippen molar-refractivity contribution in [1.82, 2.24) is 10.6 Å². The number of nitrogens with zero attached hydrogens (tertiary/aromatic N) is 1. The van der Waals surface area contributed by atoms with Crippen molar-refractivity contribution in [2.24, 2.45) is 4.99 Å². The van der Waals surface area contributed by atoms with E-state index in [2.05, 4.69) is 17.6 Å². The first-order chi connectivity index (χ1) is 11.2. The molecule has 0 aromatic heterocycles. The largest absolute Gasteiger partial charge is 0.357 e. The van der Waals surface area contributed by atoms with Gasteiger partial charge in [-0.15, -0.1) is 24.0 Å². The second-order valence-electron chi connectivity index (χ2n) is 6.47. The molecule has 1 atom stereocenters. The molecule has 0 amide bonds. The van der Waals surface area contributed by atoms with Gasteiger partial charge in [-0.25, -0.2) is 4.39 Å². The molecule has 0 radical (unpaired) electrons. The van der Waals surface area contributed by atoms with Gasteiger partial charge in [-0.1, -0.05) is 18.2 Å². The summed E-state index contributed by atoms with van der Waals surface area (Å²) in [5.41, 5.74) is 0.737. The Labute approximate surface area is 165 Å². The second kappa shape index (κ2) is 9.27. The van der Waals surface area contributed by atoms with Crippen molar-refractivity contribution in [1.29, 1.82) is 0 Å². The summed E-state index contributed by atoms with van der Waals surface area (Å²) in [7, 11) is 0. The Hall–Kier alpha value is -0.500. The van der Waals surface area contributed by atoms with E-state index < -0.39 is 0 Å². The van der Waals surface area contributed by atoms with Crippen molar-refractivity contribution in [3.05, 3.63) is 35.6 Å². The van der Waals surface area contributed by atoms with Gasteiger partial charge < -0.3 is 10.6 Å². The van der Waals surface area contributed by atoms with Crippen molar-refractivity contribution in [3.63, 3.8) is 0 Å². The van der Waals surface area contributed by atoms with Gasteiger partial charge in [0.25, 0.3) is 0 Å². The number of benzene rings is 1. The van der Waals surface area contributed by atoms with E-state index in [0.717, 1.165) is 37.5 Å². The number of aliphatic imine (C=N–C) groups is 1. The molecule has 6 heteroatoms. The lowest BCUT2D eigenvalue weighted by Gasteiger charge is -2.17. The molecular weight excluding hydrogens is 436 g/mol. The molecule has 134 valence electrons. The number of hydrogen-bond acceptors (Lipinski definition) is 2. The molecule has 3 rings (SSSR count). The summed E-state index contributed by atoms with van der Waals surface area (Å²) >= 11 is 2.04. The Kier molecular flexibility index (Phi) is 7.65. The molecule has 1 saturated carbocycles. The Morgan fingerprint density at radius 3 is 2.75 bits per heavy atom. The van der Waals surface area contributed by atoms with Crippen LogP contribution in [0, 0.1) is 5.82 Å². The summed E-state index contributed by atoms with van der Waals surface area (Å²) in [5, 5.41) is 7.46. The third kappa shape index (κ3) is 5.00. The fraction of sp³-hybridized carbons (Fsp3) is 0.611. The van der Waals surface area contributed by atoms with Gasteiger partial charge in [0.2, 0.25) is 0 Å². The van der Waals surface area contributed by atoms with Gasteiger partial charge in [0, 0.05) is 23.8 Å². The quantitative estimate of drug-likeness (QED) is 0.382. The van der Waals surface area contributed by atoms with Crippen molar-refractivity contribution < 1.29 is 4.39 Å². The summed E-state index contributed by atoms with van der Waals surface area (Å²) in [6, 6.07) is 7.14. The first kappa shape index (κ1) is 19.8. The third-order valence-electron chi connectivity index (χ3n) is 4.70. The predicted molar refractivity (Wildman–Crippen MR) is 112 cm³/mol. The van der Waals surface area contributed by atoms with E-state index in [9.17, 15) is 4.39 Å². The number of guanidine groups is 1. The molecule has 1 unspecified atom stereocenters. The minimum absolute atomic E-state index is 0. The Morgan fingerprint density at radius 1 is 1.33 bits per heavy atom. The summed E-state index contributed by atoms with van der Waals surface area (Å²) in [4.78, 5) is 4.74. The predicted octanol–water partition coefficient (Wildman–Crippen LogP) is 3.93. The van der Waals surface area contributed by atoms with E-state index in [0.29, 0.717) is 11.8 Å². The van der Waals surface area contributed by atoms with Gasteiger partial charge in [-0.3, -0.25) is 4.99 Å². The lowest BCUT2D eigenvalue weighted by molar-refractivity contribution is 0.572. The summed E-state index contributed by atoms with van der Waals surface area (Å²) in [6.07, 6.45) is 4.65. The van der Waals surface area contributed by atoms with E-state index in [4.69, 9.17) is 4.99 Å². The number of hydrogen-bond donors (Lipinski definition) is 2. The first-order valence-corrected chi connectivity index (χ1v) is 9.67. The molecule has 1 aromatic rings. The SMILES string of the molecule is CCNC(=NCC1(c2ccccc2F)CC1)NCC1CCCS1.I. The van der Waals surface area contributed by atoms with Crippen LogP contribution >= 0.6 is 35.7 Å². The van der Waals surface area contributed by atoms with E-state index in [1.165, 1.54) is 18.6 Å². The number of rotatable bonds is 6. The topological polar surface area (TPSA) is 36.4 Å². The zero-order valence-electron chi connectivity index (χ0n) is 14.2. The minimum atomic E-state index is -0.0967. The molecule has 1 aliphatic heterocycles. The fourth-order valence-electron chi connectivity index (χ4n) is 3.14. The van der Waals surface area contributed by atoms with E-state index in [-0.39, 0.29) is 35.2 Å². The molecule has 3 nitrogen and oxygen atoms in total. The van der Waals surface area contributed by atoms with E-state index >= 15 is 0 Å². The summed E-state index contributed by atoms with van der Waals surface area (Å²) in [5.74, 6) is 2.04. The van der Waals surface area contributed by atoms with Gasteiger partial charge >= 0.3 is 0 Å². The van der Waals surface area contributed by atoms with Crippen LogP contribution in [0.5, 0.6) is 0 Å². The van der Waals surface area contributed by atoms with Crippen LogP contribution in [-0.4, -0.2) is 36.6 Å². The van der Waals surface area contributed by atoms with Crippen LogP contribution in [0.25, 0.3) is 0 Å². The van der Waals surface area contributed by atoms with Gasteiger partial charge in [-0.2, -0.15) is 11.8 Å². The standard InChI is InChI=1S/C18H26FN3S.HI/c1-2-20-17(21-12-14-6-5-11-23-14)22-13-18(9-10-18)15-7-3-4-8-16(15)19;/h3-4,7-8,14H,2,5-6,9-13H2,1H3,(H2,20,21,22);1H. The van der Waals surface area contributed by atoms with Crippen LogP contribution in [-0.2, 0) is 5.41 Å². The van der Waals surface area contributed by atoms with Gasteiger partial charge in [0.15, 0.2) is 5.96 Å². The lowest BCUT2D eigenvalue weighted by Crippen LogP contribution is -2.40. The maximum atomic E-state index is 14.1. The highest BCUT2D eigenvalue weighted by Gasteiger charge is 2.45. The third-order valence-corrected chi connectivity index (χ3v) is 6.10. The van der Waals surface area contributed by atoms with Crippen LogP contribution in [0.15, 0.2) is 29.3 Å². The molecule has 0 spiro atoms.